The highest BCUT2D eigenvalue weighted by Crippen LogP contribution is 2.31. The summed E-state index contributed by atoms with van der Waals surface area (Å²) in [6.07, 6.45) is 0. The van der Waals surface area contributed by atoms with Crippen molar-refractivity contribution in [3.8, 4) is 11.5 Å². The average Bonchev–Trinajstić information content (AvgIpc) is 2.43. The van der Waals surface area contributed by atoms with E-state index in [0.717, 1.165) is 17.1 Å². The third-order valence-electron chi connectivity index (χ3n) is 3.26. The average molecular weight is 278 g/mol. The van der Waals surface area contributed by atoms with Crippen LogP contribution < -0.4 is 15.2 Å². The van der Waals surface area contributed by atoms with Gasteiger partial charge in [-0.25, -0.2) is 0 Å². The molecular formula is C15H22N2O3. The lowest BCUT2D eigenvalue weighted by Crippen LogP contribution is -2.45. The summed E-state index contributed by atoms with van der Waals surface area (Å²) in [4.78, 5) is 13.9. The first-order valence-electron chi connectivity index (χ1n) is 6.93. The third-order valence-corrected chi connectivity index (χ3v) is 3.26. The van der Waals surface area contributed by atoms with E-state index in [0.29, 0.717) is 19.8 Å². The van der Waals surface area contributed by atoms with Crippen LogP contribution in [0.4, 0.5) is 0 Å². The van der Waals surface area contributed by atoms with E-state index >= 15 is 0 Å². The van der Waals surface area contributed by atoms with Crippen LogP contribution in [0.1, 0.15) is 26.3 Å². The molecule has 2 rings (SSSR count). The Balaban J connectivity index is 2.16. The molecule has 110 valence electrons. The van der Waals surface area contributed by atoms with E-state index in [1.165, 1.54) is 0 Å². The monoisotopic (exact) mass is 278 g/mol. The fourth-order valence-electron chi connectivity index (χ4n) is 2.16. The lowest BCUT2D eigenvalue weighted by Gasteiger charge is -2.29. The minimum absolute atomic E-state index is 0.0464. The Bertz CT molecular complexity index is 486. The molecule has 1 heterocycles. The summed E-state index contributed by atoms with van der Waals surface area (Å²) in [7, 11) is 0. The largest absolute Gasteiger partial charge is 0.486 e. The number of hydrogen-bond donors (Lipinski definition) is 1. The number of hydrogen-bond acceptors (Lipinski definition) is 4. The zero-order valence-electron chi connectivity index (χ0n) is 12.3. The standard InChI is InChI=1S/C15H22N2O3/c1-10(2)17(15(18)11(3)16)9-12-4-5-13-14(8-12)20-7-6-19-13/h4-5,8,10-11H,6-7,9,16H2,1-3H3. The van der Waals surface area contributed by atoms with Crippen molar-refractivity contribution < 1.29 is 14.3 Å². The zero-order chi connectivity index (χ0) is 14.7. The second kappa shape index (κ2) is 6.13. The Kier molecular flexibility index (Phi) is 4.49. The molecule has 0 spiro atoms. The summed E-state index contributed by atoms with van der Waals surface area (Å²) in [5, 5.41) is 0. The fourth-order valence-corrected chi connectivity index (χ4v) is 2.16. The van der Waals surface area contributed by atoms with E-state index in [2.05, 4.69) is 0 Å². The first-order chi connectivity index (χ1) is 9.49. The van der Waals surface area contributed by atoms with Gasteiger partial charge in [0.25, 0.3) is 0 Å². The lowest BCUT2D eigenvalue weighted by atomic mass is 10.1. The van der Waals surface area contributed by atoms with Crippen LogP contribution in [-0.2, 0) is 11.3 Å². The normalized spacial score (nSPS) is 15.1. The first kappa shape index (κ1) is 14.7. The molecule has 20 heavy (non-hydrogen) atoms. The van der Waals surface area contributed by atoms with Crippen molar-refractivity contribution in [2.45, 2.75) is 39.4 Å². The highest BCUT2D eigenvalue weighted by molar-refractivity contribution is 5.81. The summed E-state index contributed by atoms with van der Waals surface area (Å²) in [5.41, 5.74) is 6.71. The van der Waals surface area contributed by atoms with Gasteiger partial charge < -0.3 is 20.1 Å². The van der Waals surface area contributed by atoms with Crippen LogP contribution in [0, 0.1) is 0 Å². The van der Waals surface area contributed by atoms with Crippen LogP contribution >= 0.6 is 0 Å². The van der Waals surface area contributed by atoms with Crippen LogP contribution in [-0.4, -0.2) is 36.1 Å². The first-order valence-corrected chi connectivity index (χ1v) is 6.93. The van der Waals surface area contributed by atoms with Crippen molar-refractivity contribution in [1.82, 2.24) is 4.90 Å². The number of nitrogens with zero attached hydrogens (tertiary/aromatic N) is 1. The molecular weight excluding hydrogens is 256 g/mol. The number of nitrogens with two attached hydrogens (primary N) is 1. The molecule has 1 aromatic carbocycles. The molecule has 1 amide bonds. The summed E-state index contributed by atoms with van der Waals surface area (Å²) < 4.78 is 11.1. The van der Waals surface area contributed by atoms with Crippen molar-refractivity contribution in [2.24, 2.45) is 5.73 Å². The molecule has 5 heteroatoms. The maximum atomic E-state index is 12.1. The molecule has 1 atom stereocenters. The molecule has 0 aromatic heterocycles. The third kappa shape index (κ3) is 3.22. The van der Waals surface area contributed by atoms with Crippen LogP contribution in [0.2, 0.25) is 0 Å². The number of rotatable bonds is 4. The van der Waals surface area contributed by atoms with Gasteiger partial charge in [0.1, 0.15) is 13.2 Å². The number of benzene rings is 1. The smallest absolute Gasteiger partial charge is 0.239 e. The molecule has 5 nitrogen and oxygen atoms in total. The van der Waals surface area contributed by atoms with E-state index in [9.17, 15) is 4.79 Å². The second-order valence-corrected chi connectivity index (χ2v) is 5.33. The van der Waals surface area contributed by atoms with Crippen molar-refractivity contribution in [3.63, 3.8) is 0 Å². The number of carbonyl (C=O) groups is 1. The van der Waals surface area contributed by atoms with E-state index in [4.69, 9.17) is 15.2 Å². The number of ether oxygens (including phenoxy) is 2. The van der Waals surface area contributed by atoms with Gasteiger partial charge in [0.15, 0.2) is 11.5 Å². The number of fused-ring (bicyclic) bond motifs is 1. The summed E-state index contributed by atoms with van der Waals surface area (Å²) in [5.74, 6) is 1.45. The van der Waals surface area contributed by atoms with Crippen LogP contribution in [0.25, 0.3) is 0 Å². The molecule has 1 aliphatic heterocycles. The quantitative estimate of drug-likeness (QED) is 0.907. The van der Waals surface area contributed by atoms with Crippen molar-refractivity contribution in [1.29, 1.82) is 0 Å². The number of carbonyl (C=O) groups excluding carboxylic acids is 1. The maximum absolute atomic E-state index is 12.1. The molecule has 0 fully saturated rings. The predicted molar refractivity (Wildman–Crippen MR) is 76.8 cm³/mol. The van der Waals surface area contributed by atoms with Gasteiger partial charge in [0, 0.05) is 12.6 Å². The minimum atomic E-state index is -0.491. The van der Waals surface area contributed by atoms with E-state index in [-0.39, 0.29) is 11.9 Å². The topological polar surface area (TPSA) is 64.8 Å². The van der Waals surface area contributed by atoms with Gasteiger partial charge in [-0.2, -0.15) is 0 Å². The molecule has 0 saturated carbocycles. The van der Waals surface area contributed by atoms with E-state index in [1.807, 2.05) is 32.0 Å². The zero-order valence-corrected chi connectivity index (χ0v) is 12.3. The van der Waals surface area contributed by atoms with Gasteiger partial charge in [-0.05, 0) is 38.5 Å². The van der Waals surface area contributed by atoms with Gasteiger partial charge >= 0.3 is 0 Å². The van der Waals surface area contributed by atoms with Gasteiger partial charge in [-0.15, -0.1) is 0 Å². The molecule has 1 unspecified atom stereocenters. The molecule has 1 aromatic rings. The van der Waals surface area contributed by atoms with Gasteiger partial charge in [0.2, 0.25) is 5.91 Å². The summed E-state index contributed by atoms with van der Waals surface area (Å²) in [6, 6.07) is 5.38. The SMILES string of the molecule is CC(N)C(=O)N(Cc1ccc2c(c1)OCCO2)C(C)C. The van der Waals surface area contributed by atoms with Crippen LogP contribution in [0.5, 0.6) is 11.5 Å². The Hall–Kier alpha value is -1.75. The van der Waals surface area contributed by atoms with Crippen LogP contribution in [0.3, 0.4) is 0 Å². The minimum Gasteiger partial charge on any atom is -0.486 e. The number of amides is 1. The second-order valence-electron chi connectivity index (χ2n) is 5.33. The summed E-state index contributed by atoms with van der Waals surface area (Å²) >= 11 is 0. The van der Waals surface area contributed by atoms with Gasteiger partial charge in [-0.3, -0.25) is 4.79 Å². The van der Waals surface area contributed by atoms with Crippen molar-refractivity contribution in [3.05, 3.63) is 23.8 Å². The Morgan fingerprint density at radius 3 is 2.50 bits per heavy atom. The van der Waals surface area contributed by atoms with Crippen LogP contribution in [0.15, 0.2) is 18.2 Å². The highest BCUT2D eigenvalue weighted by atomic mass is 16.6. The Morgan fingerprint density at radius 1 is 1.25 bits per heavy atom. The van der Waals surface area contributed by atoms with Crippen molar-refractivity contribution in [2.75, 3.05) is 13.2 Å². The van der Waals surface area contributed by atoms with Gasteiger partial charge in [0.05, 0.1) is 6.04 Å². The molecule has 0 radical (unpaired) electrons. The molecule has 0 saturated heterocycles. The molecule has 0 bridgehead atoms. The molecule has 0 aliphatic carbocycles. The van der Waals surface area contributed by atoms with E-state index < -0.39 is 6.04 Å². The van der Waals surface area contributed by atoms with Crippen molar-refractivity contribution >= 4 is 5.91 Å². The highest BCUT2D eigenvalue weighted by Gasteiger charge is 2.21. The molecule has 1 aliphatic rings. The Morgan fingerprint density at radius 2 is 1.90 bits per heavy atom. The predicted octanol–water partition coefficient (Wildman–Crippen LogP) is 1.54. The summed E-state index contributed by atoms with van der Waals surface area (Å²) in [6.45, 7) is 7.34. The van der Waals surface area contributed by atoms with E-state index in [1.54, 1.807) is 11.8 Å². The van der Waals surface area contributed by atoms with Gasteiger partial charge in [-0.1, -0.05) is 6.07 Å². The molecule has 2 N–H and O–H groups in total. The Labute approximate surface area is 119 Å². The fraction of sp³-hybridized carbons (Fsp3) is 0.533. The lowest BCUT2D eigenvalue weighted by molar-refractivity contribution is -0.134. The maximum Gasteiger partial charge on any atom is 0.239 e.